The van der Waals surface area contributed by atoms with E-state index in [4.69, 9.17) is 21.1 Å². The number of ether oxygens (including phenoxy) is 2. The molecule has 0 fully saturated rings. The van der Waals surface area contributed by atoms with Gasteiger partial charge in [-0.1, -0.05) is 60.1 Å². The number of hydrogen-bond donors (Lipinski definition) is 1. The van der Waals surface area contributed by atoms with Gasteiger partial charge in [-0.3, -0.25) is 4.79 Å². The van der Waals surface area contributed by atoms with E-state index >= 15 is 0 Å². The maximum absolute atomic E-state index is 13.1. The lowest BCUT2D eigenvalue weighted by Crippen LogP contribution is -2.26. The summed E-state index contributed by atoms with van der Waals surface area (Å²) in [6.45, 7) is 1.90. The monoisotopic (exact) mass is 409 g/mol. The van der Waals surface area contributed by atoms with Crippen LogP contribution in [0.25, 0.3) is 0 Å². The number of amides is 1. The van der Waals surface area contributed by atoms with Crippen LogP contribution in [0.2, 0.25) is 5.02 Å². The summed E-state index contributed by atoms with van der Waals surface area (Å²) >= 11 is 6.10. The van der Waals surface area contributed by atoms with E-state index in [1.165, 1.54) is 7.11 Å². The lowest BCUT2D eigenvalue weighted by molar-refractivity contribution is -0.125. The molecule has 3 aromatic carbocycles. The minimum Gasteiger partial charge on any atom is -0.495 e. The van der Waals surface area contributed by atoms with Gasteiger partial charge in [0.25, 0.3) is 5.91 Å². The molecule has 0 aliphatic heterocycles. The summed E-state index contributed by atoms with van der Waals surface area (Å²) < 4.78 is 10.9. The van der Waals surface area contributed by atoms with Gasteiger partial charge in [-0.2, -0.15) is 0 Å². The molecule has 1 atom stereocenters. The topological polar surface area (TPSA) is 64.6 Å². The Morgan fingerprint density at radius 3 is 2.34 bits per heavy atom. The summed E-state index contributed by atoms with van der Waals surface area (Å²) in [7, 11) is 1.52. The first kappa shape index (κ1) is 20.4. The highest BCUT2D eigenvalue weighted by molar-refractivity contribution is 6.33. The number of aryl methyl sites for hydroxylation is 1. The van der Waals surface area contributed by atoms with E-state index in [2.05, 4.69) is 5.32 Å². The second-order valence-corrected chi connectivity index (χ2v) is 6.78. The number of esters is 1. The van der Waals surface area contributed by atoms with Crippen molar-refractivity contribution in [3.63, 3.8) is 0 Å². The Hall–Kier alpha value is -3.31. The number of rotatable bonds is 6. The van der Waals surface area contributed by atoms with Crippen molar-refractivity contribution < 1.29 is 19.1 Å². The smallest absolute Gasteiger partial charge is 0.340 e. The molecule has 0 saturated heterocycles. The van der Waals surface area contributed by atoms with Crippen molar-refractivity contribution in [2.24, 2.45) is 0 Å². The average Bonchev–Trinajstić information content (AvgIpc) is 2.73. The summed E-state index contributed by atoms with van der Waals surface area (Å²) in [5.41, 5.74) is 2.17. The van der Waals surface area contributed by atoms with Crippen molar-refractivity contribution in [2.75, 3.05) is 12.4 Å². The van der Waals surface area contributed by atoms with Crippen LogP contribution in [0.4, 0.5) is 5.69 Å². The number of methoxy groups -OCH3 is 1. The highest BCUT2D eigenvalue weighted by atomic mass is 35.5. The van der Waals surface area contributed by atoms with E-state index in [1.807, 2.05) is 19.1 Å². The predicted octanol–water partition coefficient (Wildman–Crippen LogP) is 5.19. The van der Waals surface area contributed by atoms with Gasteiger partial charge in [0.05, 0.1) is 23.4 Å². The average molecular weight is 410 g/mol. The lowest BCUT2D eigenvalue weighted by atomic mass is 10.1. The highest BCUT2D eigenvalue weighted by Crippen LogP contribution is 2.28. The molecule has 0 spiro atoms. The number of anilines is 1. The fraction of sp³-hybridized carbons (Fsp3) is 0.130. The first-order chi connectivity index (χ1) is 14.0. The molecule has 3 rings (SSSR count). The second-order valence-electron chi connectivity index (χ2n) is 6.37. The van der Waals surface area contributed by atoms with Crippen LogP contribution >= 0.6 is 11.6 Å². The number of nitrogens with one attached hydrogen (secondary N) is 1. The van der Waals surface area contributed by atoms with E-state index < -0.39 is 18.0 Å². The minimum absolute atomic E-state index is 0.191. The van der Waals surface area contributed by atoms with Crippen LogP contribution in [0.1, 0.15) is 27.6 Å². The van der Waals surface area contributed by atoms with Crippen molar-refractivity contribution >= 4 is 29.2 Å². The lowest BCUT2D eigenvalue weighted by Gasteiger charge is -2.19. The van der Waals surface area contributed by atoms with Crippen LogP contribution in [0.3, 0.4) is 0 Å². The third kappa shape index (κ3) is 4.95. The maximum atomic E-state index is 13.1. The number of hydrogen-bond acceptors (Lipinski definition) is 4. The molecule has 0 bridgehead atoms. The summed E-state index contributed by atoms with van der Waals surface area (Å²) in [5.74, 6) is -0.676. The van der Waals surface area contributed by atoms with Gasteiger partial charge in [0, 0.05) is 5.56 Å². The van der Waals surface area contributed by atoms with Crippen molar-refractivity contribution in [2.45, 2.75) is 13.0 Å². The Kier molecular flexibility index (Phi) is 6.52. The zero-order valence-corrected chi connectivity index (χ0v) is 16.8. The Bertz CT molecular complexity index is 1020. The molecule has 5 nitrogen and oxygen atoms in total. The van der Waals surface area contributed by atoms with Gasteiger partial charge in [-0.05, 0) is 36.8 Å². The standard InChI is InChI=1S/C23H20ClNO4/c1-15-12-13-20(28-2)19(14-15)25-22(26)21(16-8-4-3-5-9-16)29-23(27)17-10-6-7-11-18(17)24/h3-14,21H,1-2H3,(H,25,26)/t21-/m1/s1. The first-order valence-electron chi connectivity index (χ1n) is 8.95. The zero-order chi connectivity index (χ0) is 20.8. The fourth-order valence-corrected chi connectivity index (χ4v) is 3.03. The molecule has 0 heterocycles. The molecule has 0 saturated carbocycles. The third-order valence-corrected chi connectivity index (χ3v) is 4.60. The van der Waals surface area contributed by atoms with Gasteiger partial charge < -0.3 is 14.8 Å². The first-order valence-corrected chi connectivity index (χ1v) is 9.33. The van der Waals surface area contributed by atoms with Crippen LogP contribution < -0.4 is 10.1 Å². The zero-order valence-electron chi connectivity index (χ0n) is 16.0. The third-order valence-electron chi connectivity index (χ3n) is 4.27. The summed E-state index contributed by atoms with van der Waals surface area (Å²) in [6, 6.07) is 20.8. The number of halogens is 1. The predicted molar refractivity (Wildman–Crippen MR) is 112 cm³/mol. The Morgan fingerprint density at radius 2 is 1.66 bits per heavy atom. The summed E-state index contributed by atoms with van der Waals surface area (Å²) in [5, 5.41) is 3.05. The SMILES string of the molecule is COc1ccc(C)cc1NC(=O)[C@H](OC(=O)c1ccccc1Cl)c1ccccc1. The fourth-order valence-electron chi connectivity index (χ4n) is 2.82. The molecule has 1 amide bonds. The van der Waals surface area contributed by atoms with E-state index in [1.54, 1.807) is 60.7 Å². The number of carbonyl (C=O) groups is 2. The molecule has 0 aliphatic rings. The van der Waals surface area contributed by atoms with Gasteiger partial charge in [-0.15, -0.1) is 0 Å². The van der Waals surface area contributed by atoms with Crippen molar-refractivity contribution in [1.29, 1.82) is 0 Å². The molecular weight excluding hydrogens is 390 g/mol. The van der Waals surface area contributed by atoms with E-state index in [0.717, 1.165) is 5.56 Å². The maximum Gasteiger partial charge on any atom is 0.340 e. The summed E-state index contributed by atoms with van der Waals surface area (Å²) in [6.07, 6.45) is -1.16. The number of carbonyl (C=O) groups excluding carboxylic acids is 2. The number of benzene rings is 3. The van der Waals surface area contributed by atoms with Crippen LogP contribution in [0.15, 0.2) is 72.8 Å². The van der Waals surface area contributed by atoms with Crippen molar-refractivity contribution in [1.82, 2.24) is 0 Å². The molecule has 0 aliphatic carbocycles. The van der Waals surface area contributed by atoms with Crippen molar-refractivity contribution in [3.8, 4) is 5.75 Å². The normalized spacial score (nSPS) is 11.4. The quantitative estimate of drug-likeness (QED) is 0.569. The molecule has 0 unspecified atom stereocenters. The van der Waals surface area contributed by atoms with E-state index in [-0.39, 0.29) is 10.6 Å². The van der Waals surface area contributed by atoms with Crippen LogP contribution in [0.5, 0.6) is 5.75 Å². The summed E-state index contributed by atoms with van der Waals surface area (Å²) in [4.78, 5) is 25.7. The Labute approximate surface area is 174 Å². The molecule has 3 aromatic rings. The molecule has 6 heteroatoms. The highest BCUT2D eigenvalue weighted by Gasteiger charge is 2.27. The molecule has 29 heavy (non-hydrogen) atoms. The minimum atomic E-state index is -1.16. The van der Waals surface area contributed by atoms with Gasteiger partial charge >= 0.3 is 5.97 Å². The van der Waals surface area contributed by atoms with E-state index in [0.29, 0.717) is 17.0 Å². The molecule has 148 valence electrons. The molecule has 1 N–H and O–H groups in total. The van der Waals surface area contributed by atoms with Gasteiger partial charge in [0.2, 0.25) is 6.10 Å². The van der Waals surface area contributed by atoms with Crippen molar-refractivity contribution in [3.05, 3.63) is 94.5 Å². The van der Waals surface area contributed by atoms with Crippen LogP contribution in [0, 0.1) is 6.92 Å². The van der Waals surface area contributed by atoms with Crippen LogP contribution in [-0.2, 0) is 9.53 Å². The van der Waals surface area contributed by atoms with Crippen LogP contribution in [-0.4, -0.2) is 19.0 Å². The van der Waals surface area contributed by atoms with Gasteiger partial charge in [-0.25, -0.2) is 4.79 Å². The second kappa shape index (κ2) is 9.26. The Morgan fingerprint density at radius 1 is 0.966 bits per heavy atom. The molecule has 0 aromatic heterocycles. The largest absolute Gasteiger partial charge is 0.495 e. The van der Waals surface area contributed by atoms with Gasteiger partial charge in [0.1, 0.15) is 5.75 Å². The molecule has 0 radical (unpaired) electrons. The van der Waals surface area contributed by atoms with Gasteiger partial charge in [0.15, 0.2) is 0 Å². The Balaban J connectivity index is 1.90. The van der Waals surface area contributed by atoms with E-state index in [9.17, 15) is 9.59 Å². The molecular formula is C23H20ClNO4.